The molecule has 120 valence electrons. The van der Waals surface area contributed by atoms with E-state index in [2.05, 4.69) is 18.7 Å². The summed E-state index contributed by atoms with van der Waals surface area (Å²) in [5.41, 5.74) is 7.05. The summed E-state index contributed by atoms with van der Waals surface area (Å²) in [6.07, 6.45) is 2.13. The predicted octanol–water partition coefficient (Wildman–Crippen LogP) is 4.13. The van der Waals surface area contributed by atoms with Crippen LogP contribution in [0, 0.1) is 0 Å². The standard InChI is InChI=1S/C16H26Cl2N2O/c1-4-13(5-2)20(8-9-21-3)16(11-19)14-10-12(17)6-7-15(14)18/h6-7,10,13,16H,4-5,8-9,11,19H2,1-3H3. The number of hydrogen-bond acceptors (Lipinski definition) is 3. The van der Waals surface area contributed by atoms with Gasteiger partial charge in [-0.1, -0.05) is 37.0 Å². The molecule has 2 N–H and O–H groups in total. The number of halogens is 2. The molecule has 1 aromatic carbocycles. The summed E-state index contributed by atoms with van der Waals surface area (Å²) >= 11 is 12.5. The molecule has 1 aromatic rings. The summed E-state index contributed by atoms with van der Waals surface area (Å²) in [6, 6.07) is 6.06. The Labute approximate surface area is 138 Å². The molecular formula is C16H26Cl2N2O. The highest BCUT2D eigenvalue weighted by Crippen LogP contribution is 2.31. The molecule has 5 heteroatoms. The molecule has 0 aliphatic rings. The number of methoxy groups -OCH3 is 1. The Morgan fingerprint density at radius 1 is 1.24 bits per heavy atom. The van der Waals surface area contributed by atoms with Crippen LogP contribution in [0.5, 0.6) is 0 Å². The minimum atomic E-state index is 0.0521. The normalized spacial score (nSPS) is 13.1. The van der Waals surface area contributed by atoms with Gasteiger partial charge >= 0.3 is 0 Å². The summed E-state index contributed by atoms with van der Waals surface area (Å²) in [5.74, 6) is 0. The van der Waals surface area contributed by atoms with Crippen molar-refractivity contribution in [3.63, 3.8) is 0 Å². The van der Waals surface area contributed by atoms with E-state index in [1.807, 2.05) is 12.1 Å². The van der Waals surface area contributed by atoms with Gasteiger partial charge < -0.3 is 10.5 Å². The van der Waals surface area contributed by atoms with E-state index in [0.29, 0.717) is 29.2 Å². The van der Waals surface area contributed by atoms with Crippen LogP contribution in [-0.4, -0.2) is 37.7 Å². The van der Waals surface area contributed by atoms with Crippen LogP contribution in [0.1, 0.15) is 38.3 Å². The Bertz CT molecular complexity index is 425. The molecule has 1 atom stereocenters. The fraction of sp³-hybridized carbons (Fsp3) is 0.625. The Morgan fingerprint density at radius 2 is 1.90 bits per heavy atom. The van der Waals surface area contributed by atoms with Crippen molar-refractivity contribution >= 4 is 23.2 Å². The van der Waals surface area contributed by atoms with Crippen molar-refractivity contribution in [3.05, 3.63) is 33.8 Å². The van der Waals surface area contributed by atoms with E-state index in [0.717, 1.165) is 24.9 Å². The average Bonchev–Trinajstić information content (AvgIpc) is 2.49. The fourth-order valence-corrected chi connectivity index (χ4v) is 3.18. The van der Waals surface area contributed by atoms with Gasteiger partial charge in [0.15, 0.2) is 0 Å². The molecule has 0 aliphatic heterocycles. The van der Waals surface area contributed by atoms with Gasteiger partial charge in [-0.3, -0.25) is 4.90 Å². The van der Waals surface area contributed by atoms with E-state index >= 15 is 0 Å². The van der Waals surface area contributed by atoms with Gasteiger partial charge in [0.1, 0.15) is 0 Å². The zero-order valence-electron chi connectivity index (χ0n) is 13.1. The highest BCUT2D eigenvalue weighted by Gasteiger charge is 2.26. The lowest BCUT2D eigenvalue weighted by molar-refractivity contribution is 0.0817. The largest absolute Gasteiger partial charge is 0.383 e. The third-order valence-electron chi connectivity index (χ3n) is 3.91. The second-order valence-electron chi connectivity index (χ2n) is 5.12. The molecule has 0 fully saturated rings. The third-order valence-corrected chi connectivity index (χ3v) is 4.49. The molecule has 3 nitrogen and oxygen atoms in total. The van der Waals surface area contributed by atoms with Crippen molar-refractivity contribution in [2.45, 2.75) is 38.8 Å². The van der Waals surface area contributed by atoms with Gasteiger partial charge in [-0.05, 0) is 36.6 Å². The first kappa shape index (κ1) is 18.7. The lowest BCUT2D eigenvalue weighted by Gasteiger charge is -2.37. The number of benzene rings is 1. The Hall–Kier alpha value is -0.320. The fourth-order valence-electron chi connectivity index (χ4n) is 2.76. The Kier molecular flexibility index (Phi) is 8.60. The molecule has 0 heterocycles. The second kappa shape index (κ2) is 9.65. The summed E-state index contributed by atoms with van der Waals surface area (Å²) < 4.78 is 5.25. The summed E-state index contributed by atoms with van der Waals surface area (Å²) in [5, 5.41) is 1.40. The maximum atomic E-state index is 6.37. The monoisotopic (exact) mass is 332 g/mol. The topological polar surface area (TPSA) is 38.5 Å². The zero-order valence-corrected chi connectivity index (χ0v) is 14.6. The number of hydrogen-bond donors (Lipinski definition) is 1. The SMILES string of the molecule is CCC(CC)N(CCOC)C(CN)c1cc(Cl)ccc1Cl. The van der Waals surface area contributed by atoms with Gasteiger partial charge in [0.25, 0.3) is 0 Å². The second-order valence-corrected chi connectivity index (χ2v) is 5.96. The molecule has 0 aromatic heterocycles. The molecule has 21 heavy (non-hydrogen) atoms. The molecule has 1 rings (SSSR count). The van der Waals surface area contributed by atoms with Gasteiger partial charge in [0.05, 0.1) is 6.61 Å². The van der Waals surface area contributed by atoms with Crippen LogP contribution in [0.3, 0.4) is 0 Å². The van der Waals surface area contributed by atoms with Crippen molar-refractivity contribution < 1.29 is 4.74 Å². The summed E-state index contributed by atoms with van der Waals surface area (Å²) in [7, 11) is 1.72. The Balaban J connectivity index is 3.12. The van der Waals surface area contributed by atoms with Crippen LogP contribution in [0.25, 0.3) is 0 Å². The van der Waals surface area contributed by atoms with Crippen LogP contribution in [0.15, 0.2) is 18.2 Å². The molecule has 0 bridgehead atoms. The van der Waals surface area contributed by atoms with E-state index in [4.69, 9.17) is 33.7 Å². The molecule has 1 unspecified atom stereocenters. The third kappa shape index (κ3) is 5.11. The first-order valence-corrected chi connectivity index (χ1v) is 8.24. The van der Waals surface area contributed by atoms with Gasteiger partial charge in [-0.25, -0.2) is 0 Å². The lowest BCUT2D eigenvalue weighted by atomic mass is 10.0. The van der Waals surface area contributed by atoms with E-state index in [1.54, 1.807) is 13.2 Å². The first-order chi connectivity index (χ1) is 10.1. The van der Waals surface area contributed by atoms with Crippen molar-refractivity contribution in [3.8, 4) is 0 Å². The molecule has 0 saturated heterocycles. The minimum Gasteiger partial charge on any atom is -0.383 e. The number of rotatable bonds is 9. The van der Waals surface area contributed by atoms with Gasteiger partial charge in [0, 0.05) is 42.3 Å². The van der Waals surface area contributed by atoms with E-state index < -0.39 is 0 Å². The van der Waals surface area contributed by atoms with Crippen LogP contribution < -0.4 is 5.73 Å². The predicted molar refractivity (Wildman–Crippen MR) is 91.2 cm³/mol. The van der Waals surface area contributed by atoms with Crippen LogP contribution >= 0.6 is 23.2 Å². The molecular weight excluding hydrogens is 307 g/mol. The van der Waals surface area contributed by atoms with Crippen molar-refractivity contribution in [2.75, 3.05) is 26.8 Å². The van der Waals surface area contributed by atoms with Crippen molar-refractivity contribution in [1.82, 2.24) is 4.90 Å². The summed E-state index contributed by atoms with van der Waals surface area (Å²) in [4.78, 5) is 2.39. The van der Waals surface area contributed by atoms with Crippen molar-refractivity contribution in [1.29, 1.82) is 0 Å². The average molecular weight is 333 g/mol. The van der Waals surface area contributed by atoms with Crippen LogP contribution in [0.2, 0.25) is 10.0 Å². The first-order valence-electron chi connectivity index (χ1n) is 7.48. The highest BCUT2D eigenvalue weighted by molar-refractivity contribution is 6.33. The molecule has 0 aliphatic carbocycles. The van der Waals surface area contributed by atoms with E-state index in [9.17, 15) is 0 Å². The van der Waals surface area contributed by atoms with E-state index in [1.165, 1.54) is 0 Å². The highest BCUT2D eigenvalue weighted by atomic mass is 35.5. The minimum absolute atomic E-state index is 0.0521. The molecule has 0 spiro atoms. The smallest absolute Gasteiger partial charge is 0.0590 e. The summed E-state index contributed by atoms with van der Waals surface area (Å²) in [6.45, 7) is 6.39. The van der Waals surface area contributed by atoms with Crippen LogP contribution in [-0.2, 0) is 4.74 Å². The van der Waals surface area contributed by atoms with Gasteiger partial charge in [0.2, 0.25) is 0 Å². The molecule has 0 saturated carbocycles. The van der Waals surface area contributed by atoms with Gasteiger partial charge in [-0.2, -0.15) is 0 Å². The number of ether oxygens (including phenoxy) is 1. The van der Waals surface area contributed by atoms with E-state index in [-0.39, 0.29) is 6.04 Å². The maximum Gasteiger partial charge on any atom is 0.0590 e. The number of nitrogens with zero attached hydrogens (tertiary/aromatic N) is 1. The molecule has 0 radical (unpaired) electrons. The quantitative estimate of drug-likeness (QED) is 0.738. The Morgan fingerprint density at radius 3 is 2.43 bits per heavy atom. The van der Waals surface area contributed by atoms with Crippen molar-refractivity contribution in [2.24, 2.45) is 5.73 Å². The number of nitrogens with two attached hydrogens (primary N) is 1. The maximum absolute atomic E-state index is 6.37. The lowest BCUT2D eigenvalue weighted by Crippen LogP contribution is -2.43. The van der Waals surface area contributed by atoms with Gasteiger partial charge in [-0.15, -0.1) is 0 Å². The van der Waals surface area contributed by atoms with Crippen LogP contribution in [0.4, 0.5) is 0 Å². The zero-order chi connectivity index (χ0) is 15.8. The molecule has 0 amide bonds.